The summed E-state index contributed by atoms with van der Waals surface area (Å²) in [5, 5.41) is 20.5. The molecule has 2 rings (SSSR count). The smallest absolute Gasteiger partial charge is 0.290 e. The molecule has 1 aliphatic heterocycles. The molecule has 7 heteroatoms. The first kappa shape index (κ1) is 16.7. The van der Waals surface area contributed by atoms with E-state index in [-0.39, 0.29) is 30.5 Å². The van der Waals surface area contributed by atoms with E-state index in [9.17, 15) is 29.0 Å². The lowest BCUT2D eigenvalue weighted by Gasteiger charge is -2.27. The maximum absolute atomic E-state index is 14.1. The van der Waals surface area contributed by atoms with Gasteiger partial charge in [-0.05, 0) is 25.8 Å². The molecular formula is C16H15FNO5-. The van der Waals surface area contributed by atoms with Gasteiger partial charge < -0.3 is 19.9 Å². The zero-order chi connectivity index (χ0) is 17.1. The van der Waals surface area contributed by atoms with Crippen LogP contribution in [0.25, 0.3) is 0 Å². The van der Waals surface area contributed by atoms with Crippen LogP contribution in [0.2, 0.25) is 0 Å². The van der Waals surface area contributed by atoms with Crippen LogP contribution < -0.4 is 5.11 Å². The molecule has 6 nitrogen and oxygen atoms in total. The summed E-state index contributed by atoms with van der Waals surface area (Å²) in [7, 11) is 0. The number of hydrogen-bond donors (Lipinski definition) is 1. The molecule has 0 spiro atoms. The van der Waals surface area contributed by atoms with Gasteiger partial charge in [0.2, 0.25) is 0 Å². The lowest BCUT2D eigenvalue weighted by Crippen LogP contribution is -2.33. The van der Waals surface area contributed by atoms with Crippen molar-refractivity contribution in [2.75, 3.05) is 6.54 Å². The van der Waals surface area contributed by atoms with Gasteiger partial charge in [-0.3, -0.25) is 9.59 Å². The number of ketones is 1. The lowest BCUT2D eigenvalue weighted by molar-refractivity contribution is -0.305. The van der Waals surface area contributed by atoms with Crippen LogP contribution >= 0.6 is 0 Å². The molecule has 0 saturated carbocycles. The number of hydrogen-bond acceptors (Lipinski definition) is 5. The second-order valence-corrected chi connectivity index (χ2v) is 5.22. The fourth-order valence-corrected chi connectivity index (χ4v) is 2.66. The quantitative estimate of drug-likeness (QED) is 0.829. The summed E-state index contributed by atoms with van der Waals surface area (Å²) in [4.78, 5) is 35.6. The molecule has 1 aromatic rings. The first-order valence-electron chi connectivity index (χ1n) is 7.04. The SMILES string of the molecule is CC(=O)C1=C(O)C(=O)N(CCCC(=O)[O-])[C@H]1c1ccccc1F. The number of Topliss-reactive ketones (excluding diaryl/α,β-unsaturated/α-hetero) is 1. The van der Waals surface area contributed by atoms with E-state index in [1.165, 1.54) is 25.1 Å². The molecule has 0 aromatic heterocycles. The number of nitrogens with zero attached hydrogens (tertiary/aromatic N) is 1. The zero-order valence-electron chi connectivity index (χ0n) is 12.4. The Bertz CT molecular complexity index is 697. The van der Waals surface area contributed by atoms with Gasteiger partial charge >= 0.3 is 0 Å². The average Bonchev–Trinajstić information content (AvgIpc) is 2.72. The molecule has 1 aliphatic rings. The summed E-state index contributed by atoms with van der Waals surface area (Å²) in [6.07, 6.45) is -0.221. The standard InChI is InChI=1S/C16H16FNO5/c1-9(19)13-14(10-5-2-3-6-11(10)17)18(16(23)15(13)22)8-4-7-12(20)21/h2-3,5-6,14,22H,4,7-8H2,1H3,(H,20,21)/p-1/t14-/m0/s1. The molecule has 1 heterocycles. The van der Waals surface area contributed by atoms with Crippen LogP contribution in [0.3, 0.4) is 0 Å². The van der Waals surface area contributed by atoms with Gasteiger partial charge in [0.25, 0.3) is 5.91 Å². The highest BCUT2D eigenvalue weighted by Gasteiger charge is 2.42. The number of aliphatic hydroxyl groups excluding tert-OH is 1. The number of carbonyl (C=O) groups excluding carboxylic acids is 3. The van der Waals surface area contributed by atoms with Gasteiger partial charge in [-0.15, -0.1) is 0 Å². The Labute approximate surface area is 131 Å². The van der Waals surface area contributed by atoms with Crippen molar-refractivity contribution in [1.82, 2.24) is 4.90 Å². The molecule has 0 saturated heterocycles. The van der Waals surface area contributed by atoms with Crippen molar-refractivity contribution < 1.29 is 29.0 Å². The van der Waals surface area contributed by atoms with E-state index >= 15 is 0 Å². The zero-order valence-corrected chi connectivity index (χ0v) is 12.4. The highest BCUT2D eigenvalue weighted by Crippen LogP contribution is 2.38. The lowest BCUT2D eigenvalue weighted by atomic mass is 9.96. The summed E-state index contributed by atoms with van der Waals surface area (Å²) in [6, 6.07) is 4.55. The Morgan fingerprint density at radius 2 is 2.00 bits per heavy atom. The monoisotopic (exact) mass is 320 g/mol. The number of amides is 1. The highest BCUT2D eigenvalue weighted by atomic mass is 19.1. The van der Waals surface area contributed by atoms with Crippen LogP contribution in [0.1, 0.15) is 31.4 Å². The fraction of sp³-hybridized carbons (Fsp3) is 0.312. The average molecular weight is 320 g/mol. The predicted octanol–water partition coefficient (Wildman–Crippen LogP) is 0.640. The summed E-state index contributed by atoms with van der Waals surface area (Å²) >= 11 is 0. The van der Waals surface area contributed by atoms with Gasteiger partial charge in [0.15, 0.2) is 11.5 Å². The maximum atomic E-state index is 14.1. The Balaban J connectivity index is 2.41. The number of benzene rings is 1. The number of carbonyl (C=O) groups is 3. The van der Waals surface area contributed by atoms with E-state index < -0.39 is 35.3 Å². The van der Waals surface area contributed by atoms with Crippen LogP contribution in [-0.4, -0.2) is 34.2 Å². The third-order valence-corrected chi connectivity index (χ3v) is 3.66. The normalized spacial score (nSPS) is 17.7. The molecule has 0 radical (unpaired) electrons. The third-order valence-electron chi connectivity index (χ3n) is 3.66. The van der Waals surface area contributed by atoms with Gasteiger partial charge in [0.05, 0.1) is 11.6 Å². The Morgan fingerprint density at radius 3 is 2.57 bits per heavy atom. The van der Waals surface area contributed by atoms with E-state index in [1.807, 2.05) is 0 Å². The fourth-order valence-electron chi connectivity index (χ4n) is 2.66. The Hall–Kier alpha value is -2.70. The van der Waals surface area contributed by atoms with E-state index in [0.717, 1.165) is 4.90 Å². The maximum Gasteiger partial charge on any atom is 0.290 e. The van der Waals surface area contributed by atoms with Crippen LogP contribution in [0, 0.1) is 5.82 Å². The molecule has 1 atom stereocenters. The van der Waals surface area contributed by atoms with Crippen molar-refractivity contribution in [3.8, 4) is 0 Å². The molecule has 1 amide bonds. The van der Waals surface area contributed by atoms with Crippen molar-refractivity contribution >= 4 is 17.7 Å². The topological polar surface area (TPSA) is 97.7 Å². The van der Waals surface area contributed by atoms with Gasteiger partial charge in [-0.25, -0.2) is 4.39 Å². The van der Waals surface area contributed by atoms with Crippen LogP contribution in [0.4, 0.5) is 4.39 Å². The molecule has 1 aromatic carbocycles. The Morgan fingerprint density at radius 1 is 1.35 bits per heavy atom. The summed E-state index contributed by atoms with van der Waals surface area (Å²) in [6.45, 7) is 1.13. The van der Waals surface area contributed by atoms with Crippen molar-refractivity contribution in [3.05, 3.63) is 47.0 Å². The molecular weight excluding hydrogens is 305 g/mol. The number of carboxylic acids is 1. The van der Waals surface area contributed by atoms with E-state index in [0.29, 0.717) is 0 Å². The van der Waals surface area contributed by atoms with Gasteiger partial charge in [0, 0.05) is 18.1 Å². The number of carboxylic acid groups (broad SMARTS) is 1. The third kappa shape index (κ3) is 3.23. The summed E-state index contributed by atoms with van der Waals surface area (Å²) in [5.74, 6) is -3.99. The minimum Gasteiger partial charge on any atom is -0.550 e. The molecule has 0 unspecified atom stereocenters. The van der Waals surface area contributed by atoms with Crippen molar-refractivity contribution in [1.29, 1.82) is 0 Å². The van der Waals surface area contributed by atoms with Crippen molar-refractivity contribution in [2.45, 2.75) is 25.8 Å². The molecule has 0 aliphatic carbocycles. The van der Waals surface area contributed by atoms with Crippen molar-refractivity contribution in [2.24, 2.45) is 0 Å². The predicted molar refractivity (Wildman–Crippen MR) is 75.4 cm³/mol. The Kier molecular flexibility index (Phi) is 4.78. The van der Waals surface area contributed by atoms with Crippen LogP contribution in [-0.2, 0) is 14.4 Å². The molecule has 23 heavy (non-hydrogen) atoms. The second-order valence-electron chi connectivity index (χ2n) is 5.22. The summed E-state index contributed by atoms with van der Waals surface area (Å²) < 4.78 is 14.1. The van der Waals surface area contributed by atoms with E-state index in [4.69, 9.17) is 0 Å². The first-order chi connectivity index (χ1) is 10.8. The van der Waals surface area contributed by atoms with E-state index in [1.54, 1.807) is 6.07 Å². The molecule has 122 valence electrons. The second kappa shape index (κ2) is 6.60. The molecule has 0 bridgehead atoms. The van der Waals surface area contributed by atoms with Crippen LogP contribution in [0.15, 0.2) is 35.6 Å². The molecule has 0 fully saturated rings. The summed E-state index contributed by atoms with van der Waals surface area (Å²) in [5.41, 5.74) is -0.114. The minimum absolute atomic E-state index is 0.0490. The van der Waals surface area contributed by atoms with E-state index in [2.05, 4.69) is 0 Å². The van der Waals surface area contributed by atoms with Crippen molar-refractivity contribution in [3.63, 3.8) is 0 Å². The number of halogens is 1. The number of rotatable bonds is 6. The van der Waals surface area contributed by atoms with Gasteiger partial charge in [0.1, 0.15) is 5.82 Å². The molecule has 1 N–H and O–H groups in total. The van der Waals surface area contributed by atoms with Gasteiger partial charge in [-0.2, -0.15) is 0 Å². The number of aliphatic hydroxyl groups is 1. The largest absolute Gasteiger partial charge is 0.550 e. The first-order valence-corrected chi connectivity index (χ1v) is 7.04. The number of aliphatic carboxylic acids is 1. The van der Waals surface area contributed by atoms with Gasteiger partial charge in [-0.1, -0.05) is 18.2 Å². The van der Waals surface area contributed by atoms with Crippen LogP contribution in [0.5, 0.6) is 0 Å². The minimum atomic E-state index is -1.27. The highest BCUT2D eigenvalue weighted by molar-refractivity contribution is 6.08.